The van der Waals surface area contributed by atoms with Crippen LogP contribution in [-0.2, 0) is 21.4 Å². The van der Waals surface area contributed by atoms with Gasteiger partial charge in [-0.05, 0) is 35.4 Å². The number of carbonyl (C=O) groups excluding carboxylic acids is 1. The highest BCUT2D eigenvalue weighted by atomic mass is 79.9. The lowest BCUT2D eigenvalue weighted by Crippen LogP contribution is -2.39. The Morgan fingerprint density at radius 2 is 1.68 bits per heavy atom. The van der Waals surface area contributed by atoms with E-state index in [1.165, 1.54) is 38.6 Å². The van der Waals surface area contributed by atoms with Crippen LogP contribution in [0.25, 0.3) is 0 Å². The summed E-state index contributed by atoms with van der Waals surface area (Å²) in [7, 11) is -1.17. The SMILES string of the molecule is COc1ccc(S(=O)(=O)N(CC(=O)N/N=C\c2ccc(Br)cc2)Cc2ccccc2)cc1OC. The number of halogens is 1. The third kappa shape index (κ3) is 6.66. The largest absolute Gasteiger partial charge is 0.493 e. The average molecular weight is 546 g/mol. The number of sulfonamides is 1. The molecule has 0 bridgehead atoms. The van der Waals surface area contributed by atoms with Gasteiger partial charge in [0.05, 0.1) is 31.9 Å². The quantitative estimate of drug-likeness (QED) is 0.308. The van der Waals surface area contributed by atoms with Crippen LogP contribution in [0.3, 0.4) is 0 Å². The van der Waals surface area contributed by atoms with Gasteiger partial charge in [-0.15, -0.1) is 0 Å². The third-order valence-corrected chi connectivity index (χ3v) is 7.10. The normalized spacial score (nSPS) is 11.5. The number of hydrazone groups is 1. The summed E-state index contributed by atoms with van der Waals surface area (Å²) in [5, 5.41) is 3.94. The summed E-state index contributed by atoms with van der Waals surface area (Å²) in [6.07, 6.45) is 1.48. The van der Waals surface area contributed by atoms with Crippen LogP contribution in [0.5, 0.6) is 11.5 Å². The maximum Gasteiger partial charge on any atom is 0.255 e. The summed E-state index contributed by atoms with van der Waals surface area (Å²) in [6.45, 7) is -0.426. The average Bonchev–Trinajstić information content (AvgIpc) is 2.85. The fourth-order valence-corrected chi connectivity index (χ4v) is 4.73. The first-order valence-corrected chi connectivity index (χ1v) is 12.4. The van der Waals surface area contributed by atoms with Gasteiger partial charge < -0.3 is 9.47 Å². The van der Waals surface area contributed by atoms with Gasteiger partial charge in [-0.1, -0.05) is 58.4 Å². The molecule has 0 aliphatic heterocycles. The van der Waals surface area contributed by atoms with E-state index >= 15 is 0 Å². The fraction of sp³-hybridized carbons (Fsp3) is 0.167. The molecule has 0 saturated heterocycles. The molecule has 178 valence electrons. The predicted molar refractivity (Wildman–Crippen MR) is 133 cm³/mol. The summed E-state index contributed by atoms with van der Waals surface area (Å²) in [4.78, 5) is 12.6. The van der Waals surface area contributed by atoms with Gasteiger partial charge in [0.15, 0.2) is 11.5 Å². The monoisotopic (exact) mass is 545 g/mol. The Bertz CT molecular complexity index is 1250. The molecule has 1 amide bonds. The molecule has 3 rings (SSSR count). The molecule has 0 saturated carbocycles. The number of hydrogen-bond acceptors (Lipinski definition) is 6. The molecular weight excluding hydrogens is 522 g/mol. The van der Waals surface area contributed by atoms with Crippen LogP contribution in [0.15, 0.2) is 87.3 Å². The van der Waals surface area contributed by atoms with E-state index in [9.17, 15) is 13.2 Å². The van der Waals surface area contributed by atoms with Crippen LogP contribution < -0.4 is 14.9 Å². The summed E-state index contributed by atoms with van der Waals surface area (Å²) in [5.74, 6) is 0.0937. The van der Waals surface area contributed by atoms with Crippen molar-refractivity contribution in [3.05, 3.63) is 88.4 Å². The van der Waals surface area contributed by atoms with Crippen molar-refractivity contribution >= 4 is 38.1 Å². The van der Waals surface area contributed by atoms with Crippen LogP contribution in [0, 0.1) is 0 Å². The molecule has 1 N–H and O–H groups in total. The molecule has 3 aromatic rings. The Morgan fingerprint density at radius 3 is 2.32 bits per heavy atom. The summed E-state index contributed by atoms with van der Waals surface area (Å²) >= 11 is 3.35. The van der Waals surface area contributed by atoms with E-state index in [1.807, 2.05) is 30.3 Å². The molecule has 0 spiro atoms. The summed E-state index contributed by atoms with van der Waals surface area (Å²) < 4.78 is 39.4. The van der Waals surface area contributed by atoms with Gasteiger partial charge in [-0.3, -0.25) is 4.79 Å². The molecule has 8 nitrogen and oxygen atoms in total. The molecule has 0 radical (unpaired) electrons. The summed E-state index contributed by atoms with van der Waals surface area (Å²) in [5.41, 5.74) is 3.91. The molecule has 0 fully saturated rings. The number of nitrogens with one attached hydrogen (secondary N) is 1. The van der Waals surface area contributed by atoms with Crippen LogP contribution in [-0.4, -0.2) is 45.6 Å². The highest BCUT2D eigenvalue weighted by Crippen LogP contribution is 2.31. The van der Waals surface area contributed by atoms with Gasteiger partial charge in [-0.25, -0.2) is 13.8 Å². The second-order valence-electron chi connectivity index (χ2n) is 7.12. The van der Waals surface area contributed by atoms with Gasteiger partial charge in [0, 0.05) is 17.1 Å². The number of nitrogens with zero attached hydrogens (tertiary/aromatic N) is 2. The highest BCUT2D eigenvalue weighted by Gasteiger charge is 2.28. The molecular formula is C24H24BrN3O5S. The van der Waals surface area contributed by atoms with E-state index in [0.29, 0.717) is 5.75 Å². The molecule has 0 aliphatic carbocycles. The summed E-state index contributed by atoms with van der Waals surface area (Å²) in [6, 6.07) is 20.7. The first kappa shape index (κ1) is 25.4. The van der Waals surface area contributed by atoms with Crippen molar-refractivity contribution in [3.8, 4) is 11.5 Å². The zero-order valence-electron chi connectivity index (χ0n) is 18.6. The second kappa shape index (κ2) is 11.8. The lowest BCUT2D eigenvalue weighted by Gasteiger charge is -2.22. The molecule has 0 aromatic heterocycles. The number of amides is 1. The Labute approximate surface area is 207 Å². The van der Waals surface area contributed by atoms with Crippen LogP contribution >= 0.6 is 15.9 Å². The van der Waals surface area contributed by atoms with Crippen molar-refractivity contribution in [1.82, 2.24) is 9.73 Å². The molecule has 10 heteroatoms. The lowest BCUT2D eigenvalue weighted by molar-refractivity contribution is -0.121. The van der Waals surface area contributed by atoms with E-state index in [1.54, 1.807) is 24.3 Å². The van der Waals surface area contributed by atoms with Gasteiger partial charge in [0.2, 0.25) is 10.0 Å². The smallest absolute Gasteiger partial charge is 0.255 e. The maximum atomic E-state index is 13.5. The Morgan fingerprint density at radius 1 is 1.00 bits per heavy atom. The Balaban J connectivity index is 1.83. The zero-order valence-corrected chi connectivity index (χ0v) is 21.0. The predicted octanol–water partition coefficient (Wildman–Crippen LogP) is 3.81. The van der Waals surface area contributed by atoms with Gasteiger partial charge >= 0.3 is 0 Å². The zero-order chi connectivity index (χ0) is 24.6. The van der Waals surface area contributed by atoms with E-state index in [-0.39, 0.29) is 17.2 Å². The first-order chi connectivity index (χ1) is 16.3. The molecule has 0 unspecified atom stereocenters. The van der Waals surface area contributed by atoms with Crippen molar-refractivity contribution in [1.29, 1.82) is 0 Å². The second-order valence-corrected chi connectivity index (χ2v) is 9.97. The highest BCUT2D eigenvalue weighted by molar-refractivity contribution is 9.10. The van der Waals surface area contributed by atoms with E-state index < -0.39 is 22.5 Å². The van der Waals surface area contributed by atoms with Gasteiger partial charge in [-0.2, -0.15) is 9.41 Å². The minimum Gasteiger partial charge on any atom is -0.493 e. The fourth-order valence-electron chi connectivity index (χ4n) is 3.06. The molecule has 3 aromatic carbocycles. The molecule has 34 heavy (non-hydrogen) atoms. The van der Waals surface area contributed by atoms with Crippen LogP contribution in [0.1, 0.15) is 11.1 Å². The van der Waals surface area contributed by atoms with Crippen molar-refractivity contribution in [2.24, 2.45) is 5.10 Å². The minimum atomic E-state index is -4.05. The van der Waals surface area contributed by atoms with Crippen LogP contribution in [0.2, 0.25) is 0 Å². The number of benzene rings is 3. The molecule has 0 aliphatic rings. The number of carbonyl (C=O) groups is 1. The Hall–Kier alpha value is -3.21. The maximum absolute atomic E-state index is 13.5. The standard InChI is InChI=1S/C24H24BrN3O5S/c1-32-22-13-12-21(14-23(22)33-2)34(30,31)28(16-19-6-4-3-5-7-19)17-24(29)27-26-15-18-8-10-20(25)11-9-18/h3-15H,16-17H2,1-2H3,(H,27,29)/b26-15-. The van der Waals surface area contributed by atoms with Crippen molar-refractivity contribution < 1.29 is 22.7 Å². The number of rotatable bonds is 10. The van der Waals surface area contributed by atoms with Crippen molar-refractivity contribution in [2.45, 2.75) is 11.4 Å². The van der Waals surface area contributed by atoms with Gasteiger partial charge in [0.25, 0.3) is 5.91 Å². The van der Waals surface area contributed by atoms with E-state index in [0.717, 1.165) is 19.9 Å². The first-order valence-electron chi connectivity index (χ1n) is 10.2. The lowest BCUT2D eigenvalue weighted by atomic mass is 10.2. The minimum absolute atomic E-state index is 0.00135. The van der Waals surface area contributed by atoms with E-state index in [4.69, 9.17) is 9.47 Å². The topological polar surface area (TPSA) is 97.3 Å². The van der Waals surface area contributed by atoms with Crippen molar-refractivity contribution in [3.63, 3.8) is 0 Å². The van der Waals surface area contributed by atoms with Gasteiger partial charge in [0.1, 0.15) is 0 Å². The molecule has 0 atom stereocenters. The number of hydrogen-bond donors (Lipinski definition) is 1. The van der Waals surface area contributed by atoms with E-state index in [2.05, 4.69) is 26.5 Å². The Kier molecular flexibility index (Phi) is 8.80. The number of ether oxygens (including phenoxy) is 2. The van der Waals surface area contributed by atoms with Crippen LogP contribution in [0.4, 0.5) is 0 Å². The molecule has 0 heterocycles. The number of methoxy groups -OCH3 is 2. The third-order valence-electron chi connectivity index (χ3n) is 4.79. The van der Waals surface area contributed by atoms with Crippen molar-refractivity contribution in [2.75, 3.05) is 20.8 Å².